The normalized spacial score (nSPS) is 26.6. The van der Waals surface area contributed by atoms with Crippen molar-refractivity contribution in [1.29, 1.82) is 0 Å². The van der Waals surface area contributed by atoms with Crippen molar-refractivity contribution in [1.82, 2.24) is 0 Å². The first-order valence-electron chi connectivity index (χ1n) is 7.08. The first-order chi connectivity index (χ1) is 9.66. The van der Waals surface area contributed by atoms with E-state index >= 15 is 0 Å². The summed E-state index contributed by atoms with van der Waals surface area (Å²) in [5.41, 5.74) is 0.773. The summed E-state index contributed by atoms with van der Waals surface area (Å²) in [7, 11) is 1.71. The van der Waals surface area contributed by atoms with Crippen LogP contribution in [-0.4, -0.2) is 14.5 Å². The summed E-state index contributed by atoms with van der Waals surface area (Å²) in [6, 6.07) is 3.34. The SMILES string of the molecule is Cc1cc(Br)cc(S(=O)(=O)Cl)c1OC1CC(C)CC(C)C1. The van der Waals surface area contributed by atoms with Crippen LogP contribution in [0.25, 0.3) is 0 Å². The fourth-order valence-electron chi connectivity index (χ4n) is 3.17. The maximum atomic E-state index is 11.8. The van der Waals surface area contributed by atoms with Gasteiger partial charge < -0.3 is 4.74 Å². The van der Waals surface area contributed by atoms with Gasteiger partial charge in [0.1, 0.15) is 10.6 Å². The van der Waals surface area contributed by atoms with Crippen molar-refractivity contribution in [3.8, 4) is 5.75 Å². The molecule has 1 saturated carbocycles. The molecule has 0 bridgehead atoms. The molecule has 2 rings (SSSR count). The van der Waals surface area contributed by atoms with E-state index in [0.29, 0.717) is 22.1 Å². The lowest BCUT2D eigenvalue weighted by molar-refractivity contribution is 0.0976. The molecule has 6 heteroatoms. The van der Waals surface area contributed by atoms with Gasteiger partial charge in [0.15, 0.2) is 0 Å². The summed E-state index contributed by atoms with van der Waals surface area (Å²) >= 11 is 3.31. The number of ether oxygens (including phenoxy) is 1. The van der Waals surface area contributed by atoms with Crippen molar-refractivity contribution in [2.45, 2.75) is 51.0 Å². The Labute approximate surface area is 139 Å². The van der Waals surface area contributed by atoms with Gasteiger partial charge in [0.05, 0.1) is 6.10 Å². The van der Waals surface area contributed by atoms with E-state index in [9.17, 15) is 8.42 Å². The van der Waals surface area contributed by atoms with E-state index in [1.54, 1.807) is 0 Å². The number of halogens is 2. The highest BCUT2D eigenvalue weighted by molar-refractivity contribution is 9.10. The molecular formula is C15H20BrClO3S. The quantitative estimate of drug-likeness (QED) is 0.684. The standard InChI is InChI=1S/C15H20BrClO3S/c1-9-4-10(2)6-13(5-9)20-15-11(3)7-12(16)8-14(15)21(17,18)19/h7-10,13H,4-6H2,1-3H3. The van der Waals surface area contributed by atoms with Crippen LogP contribution in [0.2, 0.25) is 0 Å². The van der Waals surface area contributed by atoms with Crippen molar-refractivity contribution in [3.63, 3.8) is 0 Å². The largest absolute Gasteiger partial charge is 0.489 e. The van der Waals surface area contributed by atoms with E-state index in [1.807, 2.05) is 13.0 Å². The molecule has 2 unspecified atom stereocenters. The van der Waals surface area contributed by atoms with Gasteiger partial charge in [0.2, 0.25) is 0 Å². The molecule has 21 heavy (non-hydrogen) atoms. The predicted octanol–water partition coefficient (Wildman–Crippen LogP) is 4.89. The van der Waals surface area contributed by atoms with Gasteiger partial charge in [-0.05, 0) is 55.7 Å². The third kappa shape index (κ3) is 4.36. The van der Waals surface area contributed by atoms with Gasteiger partial charge in [0.25, 0.3) is 9.05 Å². The van der Waals surface area contributed by atoms with E-state index in [2.05, 4.69) is 29.8 Å². The first kappa shape index (κ1) is 17.1. The molecule has 2 atom stereocenters. The molecule has 0 amide bonds. The second-order valence-corrected chi connectivity index (χ2v) is 9.60. The van der Waals surface area contributed by atoms with Crippen LogP contribution in [-0.2, 0) is 9.05 Å². The van der Waals surface area contributed by atoms with Crippen LogP contribution in [0.5, 0.6) is 5.75 Å². The molecule has 0 radical (unpaired) electrons. The minimum atomic E-state index is -3.84. The zero-order chi connectivity index (χ0) is 15.8. The molecule has 3 nitrogen and oxygen atoms in total. The lowest BCUT2D eigenvalue weighted by Gasteiger charge is -2.32. The van der Waals surface area contributed by atoms with Crippen molar-refractivity contribution < 1.29 is 13.2 Å². The fourth-order valence-corrected chi connectivity index (χ4v) is 4.93. The second-order valence-electron chi connectivity index (χ2n) is 6.15. The van der Waals surface area contributed by atoms with Gasteiger partial charge in [-0.1, -0.05) is 29.8 Å². The molecule has 1 fully saturated rings. The summed E-state index contributed by atoms with van der Waals surface area (Å²) in [5.74, 6) is 1.57. The highest BCUT2D eigenvalue weighted by Gasteiger charge is 2.28. The Bertz CT molecular complexity index is 620. The molecule has 0 N–H and O–H groups in total. The number of aryl methyl sites for hydroxylation is 1. The first-order valence-corrected chi connectivity index (χ1v) is 10.2. The minimum Gasteiger partial charge on any atom is -0.489 e. The Morgan fingerprint density at radius 1 is 1.19 bits per heavy atom. The summed E-state index contributed by atoms with van der Waals surface area (Å²) in [4.78, 5) is 0.0434. The second kappa shape index (κ2) is 6.47. The topological polar surface area (TPSA) is 43.4 Å². The Morgan fingerprint density at radius 2 is 1.76 bits per heavy atom. The van der Waals surface area contributed by atoms with Gasteiger partial charge in [-0.15, -0.1) is 0 Å². The van der Waals surface area contributed by atoms with E-state index in [4.69, 9.17) is 15.4 Å². The monoisotopic (exact) mass is 394 g/mol. The van der Waals surface area contributed by atoms with E-state index in [1.165, 1.54) is 12.5 Å². The fraction of sp³-hybridized carbons (Fsp3) is 0.600. The highest BCUT2D eigenvalue weighted by Crippen LogP contribution is 2.37. The Kier molecular flexibility index (Phi) is 5.27. The molecule has 0 aromatic heterocycles. The lowest BCUT2D eigenvalue weighted by atomic mass is 9.82. The highest BCUT2D eigenvalue weighted by atomic mass is 79.9. The van der Waals surface area contributed by atoms with Crippen LogP contribution in [0.15, 0.2) is 21.5 Å². The van der Waals surface area contributed by atoms with Crippen LogP contribution in [0.3, 0.4) is 0 Å². The van der Waals surface area contributed by atoms with Crippen molar-refractivity contribution in [2.75, 3.05) is 0 Å². The van der Waals surface area contributed by atoms with Gasteiger partial charge in [-0.3, -0.25) is 0 Å². The Balaban J connectivity index is 2.35. The van der Waals surface area contributed by atoms with Crippen LogP contribution >= 0.6 is 26.6 Å². The summed E-state index contributed by atoms with van der Waals surface area (Å²) in [6.07, 6.45) is 3.13. The third-order valence-electron chi connectivity index (χ3n) is 3.89. The number of hydrogen-bond donors (Lipinski definition) is 0. The van der Waals surface area contributed by atoms with Crippen LogP contribution in [0.4, 0.5) is 0 Å². The molecule has 118 valence electrons. The predicted molar refractivity (Wildman–Crippen MR) is 88.5 cm³/mol. The van der Waals surface area contributed by atoms with E-state index < -0.39 is 9.05 Å². The van der Waals surface area contributed by atoms with Crippen LogP contribution < -0.4 is 4.74 Å². The Morgan fingerprint density at radius 3 is 2.29 bits per heavy atom. The molecule has 0 saturated heterocycles. The Hall–Kier alpha value is -0.260. The van der Waals surface area contributed by atoms with Gasteiger partial charge in [-0.25, -0.2) is 8.42 Å². The molecule has 1 aliphatic carbocycles. The maximum Gasteiger partial charge on any atom is 0.265 e. The van der Waals surface area contributed by atoms with E-state index in [0.717, 1.165) is 18.4 Å². The molecule has 1 aromatic rings. The van der Waals surface area contributed by atoms with Crippen molar-refractivity contribution >= 4 is 35.7 Å². The summed E-state index contributed by atoms with van der Waals surface area (Å²) < 4.78 is 30.3. The molecular weight excluding hydrogens is 376 g/mol. The van der Waals surface area contributed by atoms with Crippen molar-refractivity contribution in [2.24, 2.45) is 11.8 Å². The van der Waals surface area contributed by atoms with Gasteiger partial charge in [-0.2, -0.15) is 0 Å². The smallest absolute Gasteiger partial charge is 0.265 e. The van der Waals surface area contributed by atoms with E-state index in [-0.39, 0.29) is 11.0 Å². The lowest BCUT2D eigenvalue weighted by Crippen LogP contribution is -2.29. The van der Waals surface area contributed by atoms with Crippen molar-refractivity contribution in [3.05, 3.63) is 22.2 Å². The van der Waals surface area contributed by atoms with Crippen LogP contribution in [0.1, 0.15) is 38.7 Å². The zero-order valence-electron chi connectivity index (χ0n) is 12.4. The maximum absolute atomic E-state index is 11.8. The summed E-state index contributed by atoms with van der Waals surface area (Å²) in [6.45, 7) is 6.25. The molecule has 1 aliphatic rings. The molecule has 1 aromatic carbocycles. The number of hydrogen-bond acceptors (Lipinski definition) is 3. The molecule has 0 spiro atoms. The average molecular weight is 396 g/mol. The third-order valence-corrected chi connectivity index (χ3v) is 5.67. The van der Waals surface area contributed by atoms with Crippen LogP contribution in [0, 0.1) is 18.8 Å². The average Bonchev–Trinajstić information content (AvgIpc) is 2.29. The minimum absolute atomic E-state index is 0.0424. The number of benzene rings is 1. The van der Waals surface area contributed by atoms with Gasteiger partial charge in [0, 0.05) is 15.2 Å². The molecule has 0 heterocycles. The zero-order valence-corrected chi connectivity index (χ0v) is 15.6. The summed E-state index contributed by atoms with van der Waals surface area (Å²) in [5, 5.41) is 0. The number of rotatable bonds is 3. The van der Waals surface area contributed by atoms with Gasteiger partial charge >= 0.3 is 0 Å². The molecule has 0 aliphatic heterocycles.